The molecular weight excluding hydrogens is 298 g/mol. The zero-order chi connectivity index (χ0) is 14.6. The van der Waals surface area contributed by atoms with Gasteiger partial charge in [-0.25, -0.2) is 12.7 Å². The lowest BCUT2D eigenvalue weighted by Gasteiger charge is -2.23. The summed E-state index contributed by atoms with van der Waals surface area (Å²) < 4.78 is 31.8. The van der Waals surface area contributed by atoms with Gasteiger partial charge < -0.3 is 4.74 Å². The average Bonchev–Trinajstić information content (AvgIpc) is 2.91. The van der Waals surface area contributed by atoms with Gasteiger partial charge in [0.15, 0.2) is 0 Å². The van der Waals surface area contributed by atoms with Crippen LogP contribution in [0.5, 0.6) is 0 Å². The minimum absolute atomic E-state index is 0.0475. The summed E-state index contributed by atoms with van der Waals surface area (Å²) in [4.78, 5) is 0. The maximum Gasteiger partial charge on any atom is 0.218 e. The molecule has 1 aliphatic heterocycles. The van der Waals surface area contributed by atoms with E-state index in [2.05, 4.69) is 0 Å². The van der Waals surface area contributed by atoms with Crippen LogP contribution in [0.1, 0.15) is 18.9 Å². The van der Waals surface area contributed by atoms with Crippen molar-refractivity contribution in [3.63, 3.8) is 0 Å². The highest BCUT2D eigenvalue weighted by Crippen LogP contribution is 2.21. The van der Waals surface area contributed by atoms with E-state index in [1.54, 1.807) is 24.3 Å². The molecule has 1 heterocycles. The van der Waals surface area contributed by atoms with Crippen LogP contribution in [0.15, 0.2) is 24.3 Å². The van der Waals surface area contributed by atoms with Crippen molar-refractivity contribution in [2.45, 2.75) is 19.1 Å². The summed E-state index contributed by atoms with van der Waals surface area (Å²) in [5, 5.41) is 0.497. The summed E-state index contributed by atoms with van der Waals surface area (Å²) in [5.41, 5.74) is 0.648. The van der Waals surface area contributed by atoms with Crippen LogP contribution in [0.2, 0.25) is 5.02 Å². The number of rotatable bonds is 6. The van der Waals surface area contributed by atoms with E-state index in [-0.39, 0.29) is 5.75 Å². The Morgan fingerprint density at radius 1 is 1.40 bits per heavy atom. The standard InChI is InChI=1S/C14H20ClNO3S/c1-2-16(9-12-7-8-19-10-12)20(17,18)11-13-5-3-4-6-14(13)15/h3-6,12H,2,7-11H2,1H3. The van der Waals surface area contributed by atoms with Crippen molar-refractivity contribution in [2.24, 2.45) is 5.92 Å². The van der Waals surface area contributed by atoms with Crippen LogP contribution in [0.3, 0.4) is 0 Å². The molecule has 1 aromatic carbocycles. The Hall–Kier alpha value is -0.620. The molecule has 1 aromatic rings. The second-order valence-electron chi connectivity index (χ2n) is 5.03. The first-order valence-corrected chi connectivity index (χ1v) is 8.80. The molecule has 4 nitrogen and oxygen atoms in total. The molecule has 20 heavy (non-hydrogen) atoms. The molecule has 0 amide bonds. The molecule has 0 radical (unpaired) electrons. The fourth-order valence-corrected chi connectivity index (χ4v) is 4.30. The number of benzene rings is 1. The SMILES string of the molecule is CCN(CC1CCOC1)S(=O)(=O)Cc1ccccc1Cl. The number of sulfonamides is 1. The van der Waals surface area contributed by atoms with Crippen LogP contribution in [0, 0.1) is 5.92 Å². The van der Waals surface area contributed by atoms with Crippen LogP contribution in [-0.2, 0) is 20.5 Å². The molecule has 0 spiro atoms. The van der Waals surface area contributed by atoms with Gasteiger partial charge in [-0.05, 0) is 24.0 Å². The van der Waals surface area contributed by atoms with E-state index < -0.39 is 10.0 Å². The molecule has 0 aliphatic carbocycles. The average molecular weight is 318 g/mol. The van der Waals surface area contributed by atoms with Gasteiger partial charge in [0, 0.05) is 24.7 Å². The van der Waals surface area contributed by atoms with Gasteiger partial charge in [-0.1, -0.05) is 36.7 Å². The molecular formula is C14H20ClNO3S. The largest absolute Gasteiger partial charge is 0.381 e. The smallest absolute Gasteiger partial charge is 0.218 e. The number of hydrogen-bond donors (Lipinski definition) is 0. The molecule has 0 aromatic heterocycles. The van der Waals surface area contributed by atoms with Crippen LogP contribution in [0.25, 0.3) is 0 Å². The zero-order valence-electron chi connectivity index (χ0n) is 11.6. The summed E-state index contributed by atoms with van der Waals surface area (Å²) in [7, 11) is -3.34. The van der Waals surface area contributed by atoms with Crippen LogP contribution in [0.4, 0.5) is 0 Å². The highest BCUT2D eigenvalue weighted by Gasteiger charge is 2.26. The van der Waals surface area contributed by atoms with Gasteiger partial charge in [-0.3, -0.25) is 0 Å². The predicted molar refractivity (Wildman–Crippen MR) is 80.2 cm³/mol. The minimum Gasteiger partial charge on any atom is -0.381 e. The summed E-state index contributed by atoms with van der Waals surface area (Å²) in [6, 6.07) is 7.07. The van der Waals surface area contributed by atoms with E-state index in [0.29, 0.717) is 36.2 Å². The van der Waals surface area contributed by atoms with E-state index in [1.165, 1.54) is 4.31 Å². The lowest BCUT2D eigenvalue weighted by Crippen LogP contribution is -2.36. The molecule has 0 N–H and O–H groups in total. The van der Waals surface area contributed by atoms with E-state index in [1.807, 2.05) is 6.92 Å². The number of hydrogen-bond acceptors (Lipinski definition) is 3. The van der Waals surface area contributed by atoms with Gasteiger partial charge in [-0.15, -0.1) is 0 Å². The van der Waals surface area contributed by atoms with Gasteiger partial charge in [0.25, 0.3) is 0 Å². The van der Waals surface area contributed by atoms with E-state index in [4.69, 9.17) is 16.3 Å². The minimum atomic E-state index is -3.34. The predicted octanol–water partition coefficient (Wildman–Crippen LogP) is 2.53. The molecule has 0 bridgehead atoms. The van der Waals surface area contributed by atoms with Gasteiger partial charge in [0.1, 0.15) is 0 Å². The molecule has 112 valence electrons. The molecule has 0 saturated carbocycles. The van der Waals surface area contributed by atoms with Crippen molar-refractivity contribution in [2.75, 3.05) is 26.3 Å². The summed E-state index contributed by atoms with van der Waals surface area (Å²) in [5.74, 6) is 0.254. The van der Waals surface area contributed by atoms with E-state index >= 15 is 0 Å². The molecule has 1 aliphatic rings. The number of nitrogens with zero attached hydrogens (tertiary/aromatic N) is 1. The first kappa shape index (κ1) is 15.8. The van der Waals surface area contributed by atoms with Crippen LogP contribution >= 0.6 is 11.6 Å². The Bertz CT molecular complexity index is 541. The lowest BCUT2D eigenvalue weighted by molar-refractivity contribution is 0.181. The van der Waals surface area contributed by atoms with Crippen molar-refractivity contribution < 1.29 is 13.2 Å². The summed E-state index contributed by atoms with van der Waals surface area (Å²) >= 11 is 6.05. The third-order valence-corrected chi connectivity index (χ3v) is 5.77. The zero-order valence-corrected chi connectivity index (χ0v) is 13.2. The molecule has 1 fully saturated rings. The Morgan fingerprint density at radius 2 is 2.15 bits per heavy atom. The second kappa shape index (κ2) is 6.89. The van der Waals surface area contributed by atoms with E-state index in [9.17, 15) is 8.42 Å². The van der Waals surface area contributed by atoms with Crippen molar-refractivity contribution in [1.29, 1.82) is 0 Å². The quantitative estimate of drug-likeness (QED) is 0.810. The van der Waals surface area contributed by atoms with Gasteiger partial charge in [-0.2, -0.15) is 0 Å². The number of ether oxygens (including phenoxy) is 1. The van der Waals surface area contributed by atoms with Crippen molar-refractivity contribution in [3.05, 3.63) is 34.9 Å². The second-order valence-corrected chi connectivity index (χ2v) is 7.40. The van der Waals surface area contributed by atoms with Gasteiger partial charge >= 0.3 is 0 Å². The topological polar surface area (TPSA) is 46.6 Å². The third-order valence-electron chi connectivity index (χ3n) is 3.53. The molecule has 2 rings (SSSR count). The molecule has 1 atom stereocenters. The normalized spacial score (nSPS) is 19.6. The van der Waals surface area contributed by atoms with E-state index in [0.717, 1.165) is 13.0 Å². The fourth-order valence-electron chi connectivity index (χ4n) is 2.36. The Morgan fingerprint density at radius 3 is 2.75 bits per heavy atom. The van der Waals surface area contributed by atoms with Gasteiger partial charge in [0.2, 0.25) is 10.0 Å². The fraction of sp³-hybridized carbons (Fsp3) is 0.571. The maximum absolute atomic E-state index is 12.5. The monoisotopic (exact) mass is 317 g/mol. The highest BCUT2D eigenvalue weighted by atomic mass is 35.5. The Labute approximate surface area is 125 Å². The van der Waals surface area contributed by atoms with Crippen molar-refractivity contribution >= 4 is 21.6 Å². The maximum atomic E-state index is 12.5. The molecule has 1 unspecified atom stereocenters. The lowest BCUT2D eigenvalue weighted by atomic mass is 10.1. The van der Waals surface area contributed by atoms with Crippen LogP contribution in [-0.4, -0.2) is 39.0 Å². The third kappa shape index (κ3) is 3.95. The summed E-state index contributed by atoms with van der Waals surface area (Å²) in [6.45, 7) is 4.25. The number of halogens is 1. The van der Waals surface area contributed by atoms with Crippen LogP contribution < -0.4 is 0 Å². The van der Waals surface area contributed by atoms with Crippen molar-refractivity contribution in [3.8, 4) is 0 Å². The Kier molecular flexibility index (Phi) is 5.43. The van der Waals surface area contributed by atoms with Crippen molar-refractivity contribution in [1.82, 2.24) is 4.31 Å². The first-order valence-electron chi connectivity index (χ1n) is 6.82. The summed E-state index contributed by atoms with van der Waals surface area (Å²) in [6.07, 6.45) is 0.929. The highest BCUT2D eigenvalue weighted by molar-refractivity contribution is 7.88. The first-order chi connectivity index (χ1) is 9.53. The molecule has 1 saturated heterocycles. The molecule has 6 heteroatoms. The Balaban J connectivity index is 2.08. The van der Waals surface area contributed by atoms with Gasteiger partial charge in [0.05, 0.1) is 12.4 Å².